The van der Waals surface area contributed by atoms with Gasteiger partial charge >= 0.3 is 0 Å². The number of nitrogens with zero attached hydrogens (tertiary/aromatic N) is 2. The lowest BCUT2D eigenvalue weighted by Gasteiger charge is -2.28. The molecule has 1 aliphatic rings. The second-order valence-corrected chi connectivity index (χ2v) is 7.09. The second-order valence-electron chi connectivity index (χ2n) is 5.07. The molecule has 1 aromatic carbocycles. The number of likely N-dealkylation sites (N-methyl/N-ethyl adjacent to an activating group) is 1. The van der Waals surface area contributed by atoms with Crippen molar-refractivity contribution in [2.75, 3.05) is 33.3 Å². The van der Waals surface area contributed by atoms with E-state index in [2.05, 4.69) is 5.32 Å². The molecule has 1 atom stereocenters. The van der Waals surface area contributed by atoms with E-state index in [1.54, 1.807) is 20.0 Å². The normalized spacial score (nSPS) is 19.4. The van der Waals surface area contributed by atoms with Crippen molar-refractivity contribution in [2.45, 2.75) is 17.9 Å². The number of nitrogens with one attached hydrogen (secondary N) is 1. The molecular formula is C14H19N3O3S. The summed E-state index contributed by atoms with van der Waals surface area (Å²) < 4.78 is 32.0. The van der Waals surface area contributed by atoms with Crippen molar-refractivity contribution in [3.05, 3.63) is 29.3 Å². The Bertz CT molecular complexity index is 646. The first-order valence-electron chi connectivity index (χ1n) is 6.74. The summed E-state index contributed by atoms with van der Waals surface area (Å²) in [6.07, 6.45) is -0.141. The molecule has 1 aromatic rings. The van der Waals surface area contributed by atoms with E-state index in [-0.39, 0.29) is 11.0 Å². The van der Waals surface area contributed by atoms with Crippen LogP contribution in [0.1, 0.15) is 11.1 Å². The van der Waals surface area contributed by atoms with Crippen LogP contribution in [0.5, 0.6) is 0 Å². The van der Waals surface area contributed by atoms with E-state index in [1.807, 2.05) is 6.07 Å². The Labute approximate surface area is 125 Å². The monoisotopic (exact) mass is 309 g/mol. The van der Waals surface area contributed by atoms with Gasteiger partial charge in [0.05, 0.1) is 29.2 Å². The standard InChI is InChI=1S/C14H19N3O3S/c1-11-7-12(8-15)3-4-14(11)21(18,19)17(2)10-13-9-16-5-6-20-13/h3-4,7,13,16H,5-6,9-10H2,1-2H3. The van der Waals surface area contributed by atoms with Gasteiger partial charge in [-0.05, 0) is 30.7 Å². The van der Waals surface area contributed by atoms with Crippen LogP contribution in [0.25, 0.3) is 0 Å². The maximum Gasteiger partial charge on any atom is 0.243 e. The van der Waals surface area contributed by atoms with E-state index < -0.39 is 10.0 Å². The predicted molar refractivity (Wildman–Crippen MR) is 78.3 cm³/mol. The Kier molecular flexibility index (Phi) is 4.96. The minimum atomic E-state index is -3.58. The average Bonchev–Trinajstić information content (AvgIpc) is 2.47. The SMILES string of the molecule is Cc1cc(C#N)ccc1S(=O)(=O)N(C)CC1CNCCO1. The summed E-state index contributed by atoms with van der Waals surface area (Å²) in [6, 6.07) is 6.59. The summed E-state index contributed by atoms with van der Waals surface area (Å²) in [5, 5.41) is 12.0. The molecule has 2 rings (SSSR count). The van der Waals surface area contributed by atoms with E-state index in [4.69, 9.17) is 10.00 Å². The quantitative estimate of drug-likeness (QED) is 0.874. The summed E-state index contributed by atoms with van der Waals surface area (Å²) in [4.78, 5) is 0.229. The first-order valence-corrected chi connectivity index (χ1v) is 8.18. The highest BCUT2D eigenvalue weighted by Crippen LogP contribution is 2.20. The van der Waals surface area contributed by atoms with Crippen molar-refractivity contribution in [3.8, 4) is 6.07 Å². The number of hydrogen-bond donors (Lipinski definition) is 1. The van der Waals surface area contributed by atoms with Gasteiger partial charge in [0, 0.05) is 26.7 Å². The Morgan fingerprint density at radius 1 is 1.52 bits per heavy atom. The van der Waals surface area contributed by atoms with E-state index in [9.17, 15) is 8.42 Å². The maximum absolute atomic E-state index is 12.6. The molecule has 0 radical (unpaired) electrons. The molecule has 114 valence electrons. The van der Waals surface area contributed by atoms with Gasteiger partial charge in [0.15, 0.2) is 0 Å². The zero-order valence-electron chi connectivity index (χ0n) is 12.2. The van der Waals surface area contributed by atoms with Crippen LogP contribution < -0.4 is 5.32 Å². The molecule has 0 saturated carbocycles. The Hall–Kier alpha value is -1.46. The topological polar surface area (TPSA) is 82.4 Å². The number of hydrogen-bond acceptors (Lipinski definition) is 5. The molecule has 1 aliphatic heterocycles. The predicted octanol–water partition coefficient (Wildman–Crippen LogP) is 0.476. The number of benzene rings is 1. The molecule has 1 N–H and O–H groups in total. The molecule has 0 spiro atoms. The van der Waals surface area contributed by atoms with Crippen molar-refractivity contribution in [1.82, 2.24) is 9.62 Å². The van der Waals surface area contributed by atoms with Gasteiger partial charge in [0.2, 0.25) is 10.0 Å². The minimum absolute atomic E-state index is 0.141. The number of morpholine rings is 1. The van der Waals surface area contributed by atoms with Gasteiger partial charge in [-0.3, -0.25) is 0 Å². The third kappa shape index (κ3) is 3.60. The minimum Gasteiger partial charge on any atom is -0.374 e. The van der Waals surface area contributed by atoms with Crippen LogP contribution in [0.3, 0.4) is 0 Å². The average molecular weight is 309 g/mol. The smallest absolute Gasteiger partial charge is 0.243 e. The van der Waals surface area contributed by atoms with Crippen LogP contribution in [0.4, 0.5) is 0 Å². The van der Waals surface area contributed by atoms with Gasteiger partial charge in [-0.15, -0.1) is 0 Å². The summed E-state index contributed by atoms with van der Waals surface area (Å²) in [6.45, 7) is 4.03. The lowest BCUT2D eigenvalue weighted by atomic mass is 10.2. The molecule has 1 saturated heterocycles. The van der Waals surface area contributed by atoms with Crippen LogP contribution in [-0.4, -0.2) is 52.1 Å². The maximum atomic E-state index is 12.6. The molecule has 1 heterocycles. The zero-order valence-corrected chi connectivity index (χ0v) is 13.0. The number of sulfonamides is 1. The van der Waals surface area contributed by atoms with Gasteiger partial charge in [0.1, 0.15) is 0 Å². The van der Waals surface area contributed by atoms with E-state index in [1.165, 1.54) is 16.4 Å². The van der Waals surface area contributed by atoms with E-state index in [0.29, 0.717) is 30.8 Å². The van der Waals surface area contributed by atoms with Crippen LogP contribution >= 0.6 is 0 Å². The molecule has 1 fully saturated rings. The molecule has 21 heavy (non-hydrogen) atoms. The fourth-order valence-electron chi connectivity index (χ4n) is 2.30. The zero-order chi connectivity index (χ0) is 15.5. The van der Waals surface area contributed by atoms with Crippen molar-refractivity contribution in [1.29, 1.82) is 5.26 Å². The van der Waals surface area contributed by atoms with Gasteiger partial charge in [0.25, 0.3) is 0 Å². The number of ether oxygens (including phenoxy) is 1. The van der Waals surface area contributed by atoms with Crippen LogP contribution in [0.15, 0.2) is 23.1 Å². The number of aryl methyl sites for hydroxylation is 1. The molecule has 0 aromatic heterocycles. The van der Waals surface area contributed by atoms with Crippen LogP contribution in [0, 0.1) is 18.3 Å². The second kappa shape index (κ2) is 6.54. The third-order valence-corrected chi connectivity index (χ3v) is 5.44. The molecule has 0 amide bonds. The molecule has 1 unspecified atom stereocenters. The summed E-state index contributed by atoms with van der Waals surface area (Å²) in [5.74, 6) is 0. The molecular weight excluding hydrogens is 290 g/mol. The fraction of sp³-hybridized carbons (Fsp3) is 0.500. The Balaban J connectivity index is 2.18. The summed E-state index contributed by atoms with van der Waals surface area (Å²) in [5.41, 5.74) is 1.03. The molecule has 0 aliphatic carbocycles. The lowest BCUT2D eigenvalue weighted by Crippen LogP contribution is -2.45. The molecule has 0 bridgehead atoms. The highest BCUT2D eigenvalue weighted by molar-refractivity contribution is 7.89. The number of nitriles is 1. The summed E-state index contributed by atoms with van der Waals surface area (Å²) in [7, 11) is -2.03. The fourth-order valence-corrected chi connectivity index (χ4v) is 3.70. The largest absolute Gasteiger partial charge is 0.374 e. The van der Waals surface area contributed by atoms with Gasteiger partial charge < -0.3 is 10.1 Å². The Morgan fingerprint density at radius 3 is 2.86 bits per heavy atom. The lowest BCUT2D eigenvalue weighted by molar-refractivity contribution is 0.0206. The summed E-state index contributed by atoms with van der Waals surface area (Å²) >= 11 is 0. The van der Waals surface area contributed by atoms with Gasteiger partial charge in [-0.2, -0.15) is 9.57 Å². The van der Waals surface area contributed by atoms with E-state index >= 15 is 0 Å². The van der Waals surface area contributed by atoms with Gasteiger partial charge in [-0.25, -0.2) is 8.42 Å². The number of rotatable bonds is 4. The highest BCUT2D eigenvalue weighted by atomic mass is 32.2. The van der Waals surface area contributed by atoms with E-state index in [0.717, 1.165) is 6.54 Å². The Morgan fingerprint density at radius 2 is 2.29 bits per heavy atom. The van der Waals surface area contributed by atoms with Crippen LogP contribution in [-0.2, 0) is 14.8 Å². The van der Waals surface area contributed by atoms with Crippen molar-refractivity contribution in [3.63, 3.8) is 0 Å². The van der Waals surface area contributed by atoms with Crippen LogP contribution in [0.2, 0.25) is 0 Å². The van der Waals surface area contributed by atoms with Crippen molar-refractivity contribution in [2.24, 2.45) is 0 Å². The first kappa shape index (κ1) is 15.9. The van der Waals surface area contributed by atoms with Gasteiger partial charge in [-0.1, -0.05) is 0 Å². The third-order valence-electron chi connectivity index (χ3n) is 3.46. The highest BCUT2D eigenvalue weighted by Gasteiger charge is 2.26. The molecule has 6 nitrogen and oxygen atoms in total. The van der Waals surface area contributed by atoms with Crippen molar-refractivity contribution < 1.29 is 13.2 Å². The molecule has 7 heteroatoms. The first-order chi connectivity index (χ1) is 9.95. The van der Waals surface area contributed by atoms with Crippen molar-refractivity contribution >= 4 is 10.0 Å².